The topological polar surface area (TPSA) is 41.1 Å². The van der Waals surface area contributed by atoms with Gasteiger partial charge >= 0.3 is 6.18 Å². The molecule has 1 aromatic carbocycles. The Morgan fingerprint density at radius 1 is 1.36 bits per heavy atom. The number of alkyl halides is 3. The fraction of sp³-hybridized carbons (Fsp3) is 0.500. The summed E-state index contributed by atoms with van der Waals surface area (Å²) < 4.78 is 51.2. The molecule has 1 saturated heterocycles. The fourth-order valence-corrected chi connectivity index (χ4v) is 2.33. The molecule has 1 heterocycles. The van der Waals surface area contributed by atoms with E-state index in [1.807, 2.05) is 0 Å². The summed E-state index contributed by atoms with van der Waals surface area (Å²) in [5.74, 6) is -1.78. The summed E-state index contributed by atoms with van der Waals surface area (Å²) in [7, 11) is 0. The van der Waals surface area contributed by atoms with E-state index in [4.69, 9.17) is 0 Å². The summed E-state index contributed by atoms with van der Waals surface area (Å²) in [6, 6.07) is 2.13. The molecule has 1 atom stereocenters. The zero-order valence-electron chi connectivity index (χ0n) is 11.7. The second kappa shape index (κ2) is 7.78. The molecule has 0 unspecified atom stereocenters. The van der Waals surface area contributed by atoms with Crippen molar-refractivity contribution >= 4 is 18.3 Å². The minimum absolute atomic E-state index is 0. The Labute approximate surface area is 131 Å². The molecule has 1 amide bonds. The zero-order valence-corrected chi connectivity index (χ0v) is 12.5. The lowest BCUT2D eigenvalue weighted by molar-refractivity contribution is -0.137. The molecular formula is C14H17ClF4N2O. The summed E-state index contributed by atoms with van der Waals surface area (Å²) in [5.41, 5.74) is -1.62. The lowest BCUT2D eigenvalue weighted by Gasteiger charge is -2.12. The molecule has 0 aromatic heterocycles. The van der Waals surface area contributed by atoms with Crippen LogP contribution in [0.15, 0.2) is 18.2 Å². The van der Waals surface area contributed by atoms with E-state index in [-0.39, 0.29) is 12.4 Å². The van der Waals surface area contributed by atoms with E-state index in [1.54, 1.807) is 0 Å². The third kappa shape index (κ3) is 4.84. The highest BCUT2D eigenvalue weighted by Gasteiger charge is 2.31. The SMILES string of the molecule is Cl.O=C(NCC[C@H]1CCCN1)c1cc(C(F)(F)F)ccc1F. The lowest BCUT2D eigenvalue weighted by Crippen LogP contribution is -2.31. The first-order valence-corrected chi connectivity index (χ1v) is 6.76. The van der Waals surface area contributed by atoms with Crippen LogP contribution in [0, 0.1) is 5.82 Å². The predicted octanol–water partition coefficient (Wildman–Crippen LogP) is 3.14. The normalized spacial score (nSPS) is 17.9. The monoisotopic (exact) mass is 340 g/mol. The molecule has 1 aromatic rings. The molecule has 0 aliphatic carbocycles. The molecule has 0 bridgehead atoms. The van der Waals surface area contributed by atoms with Crippen LogP contribution in [0.25, 0.3) is 0 Å². The number of amides is 1. The maximum atomic E-state index is 13.5. The molecular weight excluding hydrogens is 324 g/mol. The van der Waals surface area contributed by atoms with Crippen LogP contribution in [0.1, 0.15) is 35.2 Å². The fourth-order valence-electron chi connectivity index (χ4n) is 2.33. The molecule has 124 valence electrons. The Hall–Kier alpha value is -1.34. The predicted molar refractivity (Wildman–Crippen MR) is 76.6 cm³/mol. The summed E-state index contributed by atoms with van der Waals surface area (Å²) in [6.45, 7) is 1.23. The molecule has 0 spiro atoms. The Morgan fingerprint density at radius 2 is 2.09 bits per heavy atom. The van der Waals surface area contributed by atoms with Gasteiger partial charge in [-0.3, -0.25) is 4.79 Å². The van der Waals surface area contributed by atoms with E-state index in [1.165, 1.54) is 0 Å². The van der Waals surface area contributed by atoms with Crippen molar-refractivity contribution < 1.29 is 22.4 Å². The van der Waals surface area contributed by atoms with Gasteiger partial charge in [0.1, 0.15) is 5.82 Å². The summed E-state index contributed by atoms with van der Waals surface area (Å²) in [6.07, 6.45) is -1.85. The highest BCUT2D eigenvalue weighted by Crippen LogP contribution is 2.30. The van der Waals surface area contributed by atoms with Gasteiger partial charge in [-0.15, -0.1) is 12.4 Å². The van der Waals surface area contributed by atoms with Crippen molar-refractivity contribution in [1.82, 2.24) is 10.6 Å². The van der Waals surface area contributed by atoms with Gasteiger partial charge in [0, 0.05) is 12.6 Å². The van der Waals surface area contributed by atoms with E-state index in [9.17, 15) is 22.4 Å². The third-order valence-electron chi connectivity index (χ3n) is 3.48. The minimum Gasteiger partial charge on any atom is -0.352 e. The highest BCUT2D eigenvalue weighted by atomic mass is 35.5. The Morgan fingerprint density at radius 3 is 2.68 bits per heavy atom. The van der Waals surface area contributed by atoms with Crippen LogP contribution in [0.3, 0.4) is 0 Å². The Bertz CT molecular complexity index is 516. The van der Waals surface area contributed by atoms with E-state index < -0.39 is 29.0 Å². The van der Waals surface area contributed by atoms with E-state index in [2.05, 4.69) is 10.6 Å². The average Bonchev–Trinajstić information content (AvgIpc) is 2.91. The number of nitrogens with one attached hydrogen (secondary N) is 2. The van der Waals surface area contributed by atoms with Crippen molar-refractivity contribution in [2.24, 2.45) is 0 Å². The van der Waals surface area contributed by atoms with Gasteiger partial charge < -0.3 is 10.6 Å². The van der Waals surface area contributed by atoms with Crippen LogP contribution in [0.5, 0.6) is 0 Å². The van der Waals surface area contributed by atoms with Crippen molar-refractivity contribution in [3.63, 3.8) is 0 Å². The first-order valence-electron chi connectivity index (χ1n) is 6.76. The van der Waals surface area contributed by atoms with Crippen LogP contribution in [0.2, 0.25) is 0 Å². The molecule has 1 fully saturated rings. The van der Waals surface area contributed by atoms with Crippen molar-refractivity contribution in [2.45, 2.75) is 31.5 Å². The van der Waals surface area contributed by atoms with E-state index >= 15 is 0 Å². The molecule has 3 nitrogen and oxygen atoms in total. The Balaban J connectivity index is 0.00000242. The zero-order chi connectivity index (χ0) is 15.5. The summed E-state index contributed by atoms with van der Waals surface area (Å²) >= 11 is 0. The molecule has 0 radical (unpaired) electrons. The summed E-state index contributed by atoms with van der Waals surface area (Å²) in [5, 5.41) is 5.70. The van der Waals surface area contributed by atoms with Gasteiger partial charge in [-0.05, 0) is 44.0 Å². The van der Waals surface area contributed by atoms with Gasteiger partial charge in [0.05, 0.1) is 11.1 Å². The number of hydrogen-bond donors (Lipinski definition) is 2. The van der Waals surface area contributed by atoms with Crippen LogP contribution in [-0.4, -0.2) is 25.0 Å². The molecule has 1 aliphatic rings. The maximum absolute atomic E-state index is 13.5. The van der Waals surface area contributed by atoms with E-state index in [0.29, 0.717) is 37.2 Å². The quantitative estimate of drug-likeness (QED) is 0.827. The van der Waals surface area contributed by atoms with Crippen molar-refractivity contribution in [2.75, 3.05) is 13.1 Å². The van der Waals surface area contributed by atoms with Crippen molar-refractivity contribution in [3.05, 3.63) is 35.1 Å². The van der Waals surface area contributed by atoms with Crippen LogP contribution >= 0.6 is 12.4 Å². The lowest BCUT2D eigenvalue weighted by atomic mass is 10.1. The number of hydrogen-bond acceptors (Lipinski definition) is 2. The van der Waals surface area contributed by atoms with Crippen molar-refractivity contribution in [1.29, 1.82) is 0 Å². The molecule has 8 heteroatoms. The van der Waals surface area contributed by atoms with Gasteiger partial charge in [0.25, 0.3) is 5.91 Å². The smallest absolute Gasteiger partial charge is 0.352 e. The maximum Gasteiger partial charge on any atom is 0.416 e. The van der Waals surface area contributed by atoms with Gasteiger partial charge in [-0.2, -0.15) is 13.2 Å². The average molecular weight is 341 g/mol. The van der Waals surface area contributed by atoms with Crippen LogP contribution in [-0.2, 0) is 6.18 Å². The third-order valence-corrected chi connectivity index (χ3v) is 3.48. The number of carbonyl (C=O) groups excluding carboxylic acids is 1. The van der Waals surface area contributed by atoms with E-state index in [0.717, 1.165) is 19.4 Å². The molecule has 2 rings (SSSR count). The number of benzene rings is 1. The molecule has 22 heavy (non-hydrogen) atoms. The Kier molecular flexibility index (Phi) is 6.62. The summed E-state index contributed by atoms with van der Waals surface area (Å²) in [4.78, 5) is 11.8. The number of halogens is 5. The number of carbonyl (C=O) groups is 1. The largest absolute Gasteiger partial charge is 0.416 e. The van der Waals surface area contributed by atoms with Crippen LogP contribution < -0.4 is 10.6 Å². The molecule has 2 N–H and O–H groups in total. The van der Waals surface area contributed by atoms with Crippen molar-refractivity contribution in [3.8, 4) is 0 Å². The number of rotatable bonds is 4. The van der Waals surface area contributed by atoms with Crippen LogP contribution in [0.4, 0.5) is 17.6 Å². The molecule has 1 aliphatic heterocycles. The van der Waals surface area contributed by atoms with Gasteiger partial charge in [-0.25, -0.2) is 4.39 Å². The first-order chi connectivity index (χ1) is 9.88. The second-order valence-electron chi connectivity index (χ2n) is 5.03. The van der Waals surface area contributed by atoms with Gasteiger partial charge in [0.2, 0.25) is 0 Å². The van der Waals surface area contributed by atoms with Gasteiger partial charge in [-0.1, -0.05) is 0 Å². The highest BCUT2D eigenvalue weighted by molar-refractivity contribution is 5.94. The van der Waals surface area contributed by atoms with Gasteiger partial charge in [0.15, 0.2) is 0 Å². The standard InChI is InChI=1S/C14H16F4N2O.ClH/c15-12-4-3-9(14(16,17)18)8-11(12)13(21)20-7-5-10-2-1-6-19-10;/h3-4,8,10,19H,1-2,5-7H2,(H,20,21);1H/t10-;/m1./s1. The molecule has 0 saturated carbocycles. The first kappa shape index (κ1) is 18.7. The second-order valence-corrected chi connectivity index (χ2v) is 5.03. The minimum atomic E-state index is -4.60.